The molecule has 0 radical (unpaired) electrons. The van der Waals surface area contributed by atoms with Crippen LogP contribution < -0.4 is 5.56 Å². The Balaban J connectivity index is 1.59. The zero-order valence-corrected chi connectivity index (χ0v) is 16.2. The molecule has 0 bridgehead atoms. The van der Waals surface area contributed by atoms with E-state index in [9.17, 15) is 22.8 Å². The quantitative estimate of drug-likeness (QED) is 0.782. The van der Waals surface area contributed by atoms with Crippen LogP contribution in [0.2, 0.25) is 0 Å². The molecule has 0 saturated carbocycles. The Morgan fingerprint density at radius 1 is 1.18 bits per heavy atom. The maximum Gasteiger partial charge on any atom is 0.421 e. The van der Waals surface area contributed by atoms with Crippen molar-refractivity contribution >= 4 is 5.91 Å². The van der Waals surface area contributed by atoms with Gasteiger partial charge in [-0.15, -0.1) is 0 Å². The number of rotatable bonds is 4. The van der Waals surface area contributed by atoms with Crippen LogP contribution in [-0.4, -0.2) is 53.0 Å². The van der Waals surface area contributed by atoms with Gasteiger partial charge in [-0.2, -0.15) is 13.2 Å². The van der Waals surface area contributed by atoms with Crippen LogP contribution in [0.15, 0.2) is 23.1 Å². The van der Waals surface area contributed by atoms with Gasteiger partial charge in [-0.25, -0.2) is 0 Å². The topological polar surface area (TPSA) is 45.5 Å². The molecule has 2 saturated heterocycles. The summed E-state index contributed by atoms with van der Waals surface area (Å²) in [6.07, 6.45) is 0.871. The number of amides is 1. The number of carbonyl (C=O) groups is 1. The molecule has 28 heavy (non-hydrogen) atoms. The number of hydrogen-bond donors (Lipinski definition) is 0. The first-order chi connectivity index (χ1) is 13.2. The van der Waals surface area contributed by atoms with Gasteiger partial charge in [-0.05, 0) is 62.7 Å². The van der Waals surface area contributed by atoms with Gasteiger partial charge < -0.3 is 14.4 Å². The highest BCUT2D eigenvalue weighted by atomic mass is 19.4. The molecular weight excluding hydrogens is 371 g/mol. The zero-order chi connectivity index (χ0) is 20.3. The Kier molecular flexibility index (Phi) is 6.47. The summed E-state index contributed by atoms with van der Waals surface area (Å²) < 4.78 is 39.6. The summed E-state index contributed by atoms with van der Waals surface area (Å²) in [5.41, 5.74) is -2.40. The van der Waals surface area contributed by atoms with Crippen molar-refractivity contribution in [3.8, 4) is 0 Å². The van der Waals surface area contributed by atoms with Gasteiger partial charge in [0.1, 0.15) is 12.1 Å². The second kappa shape index (κ2) is 8.68. The molecule has 156 valence electrons. The Hall–Kier alpha value is -1.83. The first kappa shape index (κ1) is 20.9. The fourth-order valence-corrected chi connectivity index (χ4v) is 4.17. The van der Waals surface area contributed by atoms with Gasteiger partial charge in [0, 0.05) is 25.8 Å². The average molecular weight is 399 g/mol. The number of likely N-dealkylation sites (tertiary alicyclic amines) is 2. The van der Waals surface area contributed by atoms with Crippen LogP contribution >= 0.6 is 0 Å². The molecule has 2 aliphatic rings. The number of halogens is 3. The summed E-state index contributed by atoms with van der Waals surface area (Å²) in [6.45, 7) is 6.26. The summed E-state index contributed by atoms with van der Waals surface area (Å²) in [7, 11) is 0. The van der Waals surface area contributed by atoms with E-state index >= 15 is 0 Å². The van der Waals surface area contributed by atoms with Crippen LogP contribution in [0.25, 0.3) is 0 Å². The fraction of sp³-hybridized carbons (Fsp3) is 0.700. The number of carbonyl (C=O) groups excluding carboxylic acids is 1. The van der Waals surface area contributed by atoms with Gasteiger partial charge >= 0.3 is 6.18 Å². The maximum atomic E-state index is 12.9. The van der Waals surface area contributed by atoms with E-state index in [1.807, 2.05) is 0 Å². The van der Waals surface area contributed by atoms with E-state index in [-0.39, 0.29) is 12.5 Å². The highest BCUT2D eigenvalue weighted by molar-refractivity contribution is 5.76. The normalized spacial score (nSPS) is 22.4. The molecule has 8 heteroatoms. The highest BCUT2D eigenvalue weighted by Crippen LogP contribution is 2.26. The molecule has 1 amide bonds. The Bertz CT molecular complexity index is 739. The van der Waals surface area contributed by atoms with E-state index in [4.69, 9.17) is 0 Å². The summed E-state index contributed by atoms with van der Waals surface area (Å²) in [5, 5.41) is 0. The number of pyridine rings is 1. The molecule has 3 rings (SSSR count). The van der Waals surface area contributed by atoms with Gasteiger partial charge in [0.15, 0.2) is 0 Å². The standard InChI is InChI=1S/C20H28F3N3O2/c1-15-6-10-24(11-7-15)12-16-4-2-8-25(13-16)18(27)14-26-9-3-5-17(19(26)28)20(21,22)23/h3,5,9,15-16H,2,4,6-8,10-14H2,1H3. The number of nitrogens with zero attached hydrogens (tertiary/aromatic N) is 3. The second-order valence-corrected chi connectivity index (χ2v) is 8.18. The fourth-order valence-electron chi connectivity index (χ4n) is 4.17. The minimum atomic E-state index is -4.72. The van der Waals surface area contributed by atoms with Gasteiger partial charge in [-0.3, -0.25) is 9.59 Å². The molecule has 2 fully saturated rings. The van der Waals surface area contributed by atoms with E-state index in [0.29, 0.717) is 19.0 Å². The third kappa shape index (κ3) is 5.16. The minimum absolute atomic E-state index is 0.293. The lowest BCUT2D eigenvalue weighted by Gasteiger charge is -2.38. The van der Waals surface area contributed by atoms with Gasteiger partial charge in [0.2, 0.25) is 5.91 Å². The molecule has 1 aromatic heterocycles. The zero-order valence-electron chi connectivity index (χ0n) is 16.2. The van der Waals surface area contributed by atoms with Crippen molar-refractivity contribution in [1.82, 2.24) is 14.4 Å². The third-order valence-electron chi connectivity index (χ3n) is 5.90. The molecule has 2 aliphatic heterocycles. The predicted octanol–water partition coefficient (Wildman–Crippen LogP) is 2.84. The maximum absolute atomic E-state index is 12.9. The van der Waals surface area contributed by atoms with Crippen molar-refractivity contribution in [3.05, 3.63) is 34.2 Å². The summed E-state index contributed by atoms with van der Waals surface area (Å²) in [6, 6.07) is 1.91. The van der Waals surface area contributed by atoms with Crippen molar-refractivity contribution in [1.29, 1.82) is 0 Å². The molecule has 0 N–H and O–H groups in total. The van der Waals surface area contributed by atoms with Crippen LogP contribution in [0.4, 0.5) is 13.2 Å². The summed E-state index contributed by atoms with van der Waals surface area (Å²) >= 11 is 0. The summed E-state index contributed by atoms with van der Waals surface area (Å²) in [5.74, 6) is 0.856. The van der Waals surface area contributed by atoms with Gasteiger partial charge in [0.05, 0.1) is 0 Å². The van der Waals surface area contributed by atoms with Crippen LogP contribution in [0.5, 0.6) is 0 Å². The second-order valence-electron chi connectivity index (χ2n) is 8.18. The van der Waals surface area contributed by atoms with Crippen molar-refractivity contribution in [3.63, 3.8) is 0 Å². The Morgan fingerprint density at radius 2 is 1.89 bits per heavy atom. The molecule has 0 aliphatic carbocycles. The predicted molar refractivity (Wildman–Crippen MR) is 99.8 cm³/mol. The summed E-state index contributed by atoms with van der Waals surface area (Å²) in [4.78, 5) is 28.8. The van der Waals surface area contributed by atoms with Gasteiger partial charge in [-0.1, -0.05) is 6.92 Å². The molecule has 0 aromatic carbocycles. The van der Waals surface area contributed by atoms with E-state index in [1.54, 1.807) is 4.90 Å². The average Bonchev–Trinajstić information content (AvgIpc) is 2.64. The molecule has 5 nitrogen and oxygen atoms in total. The lowest BCUT2D eigenvalue weighted by Crippen LogP contribution is -2.46. The first-order valence-corrected chi connectivity index (χ1v) is 10.0. The molecular formula is C20H28F3N3O2. The van der Waals surface area contributed by atoms with Crippen molar-refractivity contribution in [2.75, 3.05) is 32.7 Å². The molecule has 3 heterocycles. The monoisotopic (exact) mass is 399 g/mol. The van der Waals surface area contributed by atoms with E-state index in [2.05, 4.69) is 11.8 Å². The van der Waals surface area contributed by atoms with E-state index in [1.165, 1.54) is 19.0 Å². The van der Waals surface area contributed by atoms with Crippen molar-refractivity contribution in [2.24, 2.45) is 11.8 Å². The molecule has 0 spiro atoms. The largest absolute Gasteiger partial charge is 0.421 e. The van der Waals surface area contributed by atoms with Gasteiger partial charge in [0.25, 0.3) is 5.56 Å². The lowest BCUT2D eigenvalue weighted by atomic mass is 9.94. The number of piperidine rings is 2. The van der Waals surface area contributed by atoms with Crippen molar-refractivity contribution in [2.45, 2.75) is 45.3 Å². The van der Waals surface area contributed by atoms with Crippen LogP contribution in [0.3, 0.4) is 0 Å². The number of alkyl halides is 3. The number of aromatic nitrogens is 1. The Morgan fingerprint density at radius 3 is 2.57 bits per heavy atom. The SMILES string of the molecule is CC1CCN(CC2CCCN(C(=O)Cn3cccc(C(F)(F)F)c3=O)C2)CC1. The molecule has 1 atom stereocenters. The highest BCUT2D eigenvalue weighted by Gasteiger charge is 2.34. The van der Waals surface area contributed by atoms with Crippen LogP contribution in [0.1, 0.15) is 38.2 Å². The third-order valence-corrected chi connectivity index (χ3v) is 5.90. The van der Waals surface area contributed by atoms with Crippen molar-refractivity contribution < 1.29 is 18.0 Å². The molecule has 1 aromatic rings. The van der Waals surface area contributed by atoms with E-state index < -0.39 is 17.3 Å². The van der Waals surface area contributed by atoms with Crippen LogP contribution in [0, 0.1) is 11.8 Å². The lowest BCUT2D eigenvalue weighted by molar-refractivity contribution is -0.140. The minimum Gasteiger partial charge on any atom is -0.341 e. The Labute approximate surface area is 163 Å². The number of hydrogen-bond acceptors (Lipinski definition) is 3. The van der Waals surface area contributed by atoms with E-state index in [0.717, 1.165) is 55.1 Å². The smallest absolute Gasteiger partial charge is 0.341 e. The first-order valence-electron chi connectivity index (χ1n) is 10.0. The van der Waals surface area contributed by atoms with Crippen LogP contribution in [-0.2, 0) is 17.5 Å². The molecule has 1 unspecified atom stereocenters.